The first-order valence-electron chi connectivity index (χ1n) is 9.94. The van der Waals surface area contributed by atoms with Crippen LogP contribution in [0.2, 0.25) is 0 Å². The van der Waals surface area contributed by atoms with Crippen LogP contribution in [0, 0.1) is 0 Å². The molecule has 3 heteroatoms. The first kappa shape index (κ1) is 17.9. The maximum atomic E-state index is 2.76. The molecule has 0 atom stereocenters. The number of rotatable bonds is 5. The van der Waals surface area contributed by atoms with Gasteiger partial charge < -0.3 is 0 Å². The SMILES string of the molecule is CCc1ccc(CN2CCC(N3CCN(C(C)C)CC3)CC2)cc1. The van der Waals surface area contributed by atoms with Crippen LogP contribution in [-0.4, -0.2) is 66.1 Å². The Morgan fingerprint density at radius 1 is 0.875 bits per heavy atom. The lowest BCUT2D eigenvalue weighted by atomic mass is 10.0. The molecule has 0 aromatic heterocycles. The Kier molecular flexibility index (Phi) is 6.31. The Bertz CT molecular complexity index is 480. The topological polar surface area (TPSA) is 9.72 Å². The number of piperidine rings is 1. The fraction of sp³-hybridized carbons (Fsp3) is 0.714. The monoisotopic (exact) mass is 329 g/mol. The molecular formula is C21H35N3. The van der Waals surface area contributed by atoms with Gasteiger partial charge in [0, 0.05) is 44.8 Å². The van der Waals surface area contributed by atoms with Crippen LogP contribution < -0.4 is 0 Å². The smallest absolute Gasteiger partial charge is 0.0233 e. The molecule has 0 amide bonds. The summed E-state index contributed by atoms with van der Waals surface area (Å²) in [5.74, 6) is 0. The van der Waals surface area contributed by atoms with E-state index in [1.165, 1.54) is 63.2 Å². The number of hydrogen-bond donors (Lipinski definition) is 0. The van der Waals surface area contributed by atoms with Crippen molar-refractivity contribution in [3.05, 3.63) is 35.4 Å². The van der Waals surface area contributed by atoms with Gasteiger partial charge in [-0.25, -0.2) is 0 Å². The number of aryl methyl sites for hydroxylation is 1. The van der Waals surface area contributed by atoms with E-state index < -0.39 is 0 Å². The number of benzene rings is 1. The van der Waals surface area contributed by atoms with Crippen molar-refractivity contribution < 1.29 is 0 Å². The molecule has 0 saturated carbocycles. The maximum absolute atomic E-state index is 2.76. The average Bonchev–Trinajstić information content (AvgIpc) is 2.63. The highest BCUT2D eigenvalue weighted by atomic mass is 15.3. The molecule has 1 aromatic carbocycles. The van der Waals surface area contributed by atoms with E-state index >= 15 is 0 Å². The molecule has 0 spiro atoms. The second-order valence-corrected chi connectivity index (χ2v) is 7.84. The van der Waals surface area contributed by atoms with Crippen molar-refractivity contribution in [1.29, 1.82) is 0 Å². The molecule has 2 fully saturated rings. The van der Waals surface area contributed by atoms with E-state index in [1.54, 1.807) is 0 Å². The van der Waals surface area contributed by atoms with Gasteiger partial charge in [-0.3, -0.25) is 14.7 Å². The predicted molar refractivity (Wildman–Crippen MR) is 102 cm³/mol. The van der Waals surface area contributed by atoms with E-state index in [4.69, 9.17) is 0 Å². The number of nitrogens with zero attached hydrogens (tertiary/aromatic N) is 3. The van der Waals surface area contributed by atoms with Crippen LogP contribution in [0.1, 0.15) is 44.7 Å². The molecule has 24 heavy (non-hydrogen) atoms. The quantitative estimate of drug-likeness (QED) is 0.821. The van der Waals surface area contributed by atoms with Gasteiger partial charge in [-0.2, -0.15) is 0 Å². The minimum Gasteiger partial charge on any atom is -0.299 e. The van der Waals surface area contributed by atoms with Gasteiger partial charge in [0.05, 0.1) is 0 Å². The number of piperazine rings is 1. The second-order valence-electron chi connectivity index (χ2n) is 7.84. The predicted octanol–water partition coefficient (Wildman–Crippen LogP) is 3.24. The molecule has 2 aliphatic heterocycles. The fourth-order valence-corrected chi connectivity index (χ4v) is 4.20. The van der Waals surface area contributed by atoms with Crippen molar-refractivity contribution in [2.24, 2.45) is 0 Å². The van der Waals surface area contributed by atoms with Crippen LogP contribution in [-0.2, 0) is 13.0 Å². The van der Waals surface area contributed by atoms with Gasteiger partial charge in [0.1, 0.15) is 0 Å². The number of hydrogen-bond acceptors (Lipinski definition) is 3. The zero-order valence-corrected chi connectivity index (χ0v) is 15.9. The van der Waals surface area contributed by atoms with Gasteiger partial charge in [-0.1, -0.05) is 31.2 Å². The van der Waals surface area contributed by atoms with Crippen molar-refractivity contribution in [2.75, 3.05) is 39.3 Å². The second kappa shape index (κ2) is 8.46. The maximum Gasteiger partial charge on any atom is 0.0233 e. The minimum atomic E-state index is 0.702. The first-order valence-corrected chi connectivity index (χ1v) is 9.94. The highest BCUT2D eigenvalue weighted by molar-refractivity contribution is 5.22. The highest BCUT2D eigenvalue weighted by Gasteiger charge is 2.27. The Morgan fingerprint density at radius 3 is 2.00 bits per heavy atom. The van der Waals surface area contributed by atoms with Crippen LogP contribution in [0.5, 0.6) is 0 Å². The zero-order chi connectivity index (χ0) is 16.9. The van der Waals surface area contributed by atoms with Crippen LogP contribution >= 0.6 is 0 Å². The molecule has 2 heterocycles. The molecule has 2 aliphatic rings. The van der Waals surface area contributed by atoms with Gasteiger partial charge in [-0.05, 0) is 57.3 Å². The third-order valence-corrected chi connectivity index (χ3v) is 5.99. The molecule has 2 saturated heterocycles. The van der Waals surface area contributed by atoms with E-state index in [9.17, 15) is 0 Å². The summed E-state index contributed by atoms with van der Waals surface area (Å²) in [4.78, 5) is 8.01. The van der Waals surface area contributed by atoms with Crippen molar-refractivity contribution >= 4 is 0 Å². The van der Waals surface area contributed by atoms with Crippen LogP contribution in [0.4, 0.5) is 0 Å². The standard InChI is InChI=1S/C21H35N3/c1-4-19-5-7-20(8-6-19)17-22-11-9-21(10-12-22)24-15-13-23(14-16-24)18(2)3/h5-8,18,21H,4,9-17H2,1-3H3. The fourth-order valence-electron chi connectivity index (χ4n) is 4.20. The van der Waals surface area contributed by atoms with Gasteiger partial charge >= 0.3 is 0 Å². The van der Waals surface area contributed by atoms with E-state index in [1.807, 2.05) is 0 Å². The molecule has 134 valence electrons. The van der Waals surface area contributed by atoms with Crippen molar-refractivity contribution in [2.45, 2.75) is 58.7 Å². The third kappa shape index (κ3) is 4.59. The van der Waals surface area contributed by atoms with Crippen LogP contribution in [0.3, 0.4) is 0 Å². The lowest BCUT2D eigenvalue weighted by molar-refractivity contribution is 0.0471. The summed E-state index contributed by atoms with van der Waals surface area (Å²) in [6.45, 7) is 15.5. The average molecular weight is 330 g/mol. The zero-order valence-electron chi connectivity index (χ0n) is 15.9. The Morgan fingerprint density at radius 2 is 1.46 bits per heavy atom. The van der Waals surface area contributed by atoms with Crippen LogP contribution in [0.15, 0.2) is 24.3 Å². The summed E-state index contributed by atoms with van der Waals surface area (Å²) in [5.41, 5.74) is 2.91. The molecule has 0 radical (unpaired) electrons. The molecule has 0 bridgehead atoms. The molecule has 3 nitrogen and oxygen atoms in total. The molecule has 1 aromatic rings. The number of likely N-dealkylation sites (tertiary alicyclic amines) is 1. The van der Waals surface area contributed by atoms with Gasteiger partial charge in [0.25, 0.3) is 0 Å². The van der Waals surface area contributed by atoms with Crippen LogP contribution in [0.25, 0.3) is 0 Å². The largest absolute Gasteiger partial charge is 0.299 e. The third-order valence-electron chi connectivity index (χ3n) is 5.99. The van der Waals surface area contributed by atoms with Crippen molar-refractivity contribution in [1.82, 2.24) is 14.7 Å². The van der Waals surface area contributed by atoms with E-state index in [-0.39, 0.29) is 0 Å². The summed E-state index contributed by atoms with van der Waals surface area (Å²) in [6.07, 6.45) is 3.82. The van der Waals surface area contributed by atoms with Crippen molar-refractivity contribution in [3.8, 4) is 0 Å². The van der Waals surface area contributed by atoms with Gasteiger partial charge in [0.2, 0.25) is 0 Å². The van der Waals surface area contributed by atoms with Gasteiger partial charge in [-0.15, -0.1) is 0 Å². The summed E-state index contributed by atoms with van der Waals surface area (Å²) in [6, 6.07) is 10.7. The Labute approximate surface area is 148 Å². The molecule has 0 N–H and O–H groups in total. The van der Waals surface area contributed by atoms with E-state index in [0.29, 0.717) is 6.04 Å². The van der Waals surface area contributed by atoms with E-state index in [2.05, 4.69) is 59.7 Å². The van der Waals surface area contributed by atoms with Gasteiger partial charge in [0.15, 0.2) is 0 Å². The Balaban J connectivity index is 1.42. The van der Waals surface area contributed by atoms with Crippen molar-refractivity contribution in [3.63, 3.8) is 0 Å². The summed E-state index contributed by atoms with van der Waals surface area (Å²) in [7, 11) is 0. The molecule has 0 aliphatic carbocycles. The normalized spacial score (nSPS) is 22.3. The summed E-state index contributed by atoms with van der Waals surface area (Å²) >= 11 is 0. The highest BCUT2D eigenvalue weighted by Crippen LogP contribution is 2.20. The summed E-state index contributed by atoms with van der Waals surface area (Å²) < 4.78 is 0. The molecular weight excluding hydrogens is 294 g/mol. The first-order chi connectivity index (χ1) is 11.7. The van der Waals surface area contributed by atoms with E-state index in [0.717, 1.165) is 19.0 Å². The minimum absolute atomic E-state index is 0.702. The lowest BCUT2D eigenvalue weighted by Crippen LogP contribution is -2.54. The lowest BCUT2D eigenvalue weighted by Gasteiger charge is -2.43. The summed E-state index contributed by atoms with van der Waals surface area (Å²) in [5, 5.41) is 0. The molecule has 3 rings (SSSR count). The molecule has 0 unspecified atom stereocenters. The Hall–Kier alpha value is -0.900.